The Hall–Kier alpha value is -1.77. The minimum Gasteiger partial charge on any atom is -0.444 e. The first-order valence-corrected chi connectivity index (χ1v) is 11.0. The van der Waals surface area contributed by atoms with Gasteiger partial charge in [-0.05, 0) is 73.1 Å². The molecule has 0 saturated carbocycles. The van der Waals surface area contributed by atoms with E-state index in [1.807, 2.05) is 48.5 Å². The van der Waals surface area contributed by atoms with Crippen molar-refractivity contribution < 1.29 is 23.6 Å². The molecule has 31 heavy (non-hydrogen) atoms. The Morgan fingerprint density at radius 3 is 2.39 bits per heavy atom. The molecule has 2 aliphatic rings. The van der Waals surface area contributed by atoms with E-state index >= 15 is 0 Å². The first-order valence-electron chi connectivity index (χ1n) is 10.6. The fourth-order valence-corrected chi connectivity index (χ4v) is 3.75. The van der Waals surface area contributed by atoms with Crippen LogP contribution in [-0.2, 0) is 14.0 Å². The van der Waals surface area contributed by atoms with Crippen molar-refractivity contribution >= 4 is 36.2 Å². The smallest absolute Gasteiger partial charge is 0.444 e. The maximum absolute atomic E-state index is 13.1. The van der Waals surface area contributed by atoms with Crippen molar-refractivity contribution in [2.24, 2.45) is 0 Å². The van der Waals surface area contributed by atoms with Crippen molar-refractivity contribution in [1.82, 2.24) is 10.2 Å². The van der Waals surface area contributed by atoms with E-state index in [0.717, 1.165) is 0 Å². The summed E-state index contributed by atoms with van der Waals surface area (Å²) < 4.78 is 17.5. The van der Waals surface area contributed by atoms with Gasteiger partial charge in [-0.15, -0.1) is 0 Å². The second-order valence-electron chi connectivity index (χ2n) is 10.2. The van der Waals surface area contributed by atoms with Gasteiger partial charge in [0, 0.05) is 29.1 Å². The molecule has 1 atom stereocenters. The van der Waals surface area contributed by atoms with Crippen molar-refractivity contribution in [3.8, 4) is 0 Å². The highest BCUT2D eigenvalue weighted by Gasteiger charge is 2.52. The summed E-state index contributed by atoms with van der Waals surface area (Å²) >= 11 is 6.41. The number of nitrogens with one attached hydrogen (secondary N) is 1. The lowest BCUT2D eigenvalue weighted by atomic mass is 9.78. The summed E-state index contributed by atoms with van der Waals surface area (Å²) in [6, 6.07) is 4.99. The summed E-state index contributed by atoms with van der Waals surface area (Å²) in [6.45, 7) is 14.3. The number of carbonyl (C=O) groups excluding carboxylic acids is 2. The number of amides is 2. The molecule has 0 radical (unpaired) electrons. The van der Waals surface area contributed by atoms with Crippen molar-refractivity contribution in [2.45, 2.75) is 77.7 Å². The molecule has 2 aliphatic heterocycles. The summed E-state index contributed by atoms with van der Waals surface area (Å²) in [4.78, 5) is 26.8. The van der Waals surface area contributed by atoms with Crippen LogP contribution in [0.15, 0.2) is 18.2 Å². The van der Waals surface area contributed by atoms with Crippen LogP contribution in [-0.4, -0.2) is 60.0 Å². The second kappa shape index (κ2) is 8.30. The largest absolute Gasteiger partial charge is 0.496 e. The normalized spacial score (nSPS) is 22.5. The molecule has 2 amide bonds. The van der Waals surface area contributed by atoms with E-state index in [0.29, 0.717) is 35.6 Å². The van der Waals surface area contributed by atoms with Crippen LogP contribution in [0.3, 0.4) is 0 Å². The molecular weight excluding hydrogens is 419 g/mol. The first-order chi connectivity index (χ1) is 14.2. The minimum atomic E-state index is -0.648. The summed E-state index contributed by atoms with van der Waals surface area (Å²) in [6.07, 6.45) is 0.198. The third kappa shape index (κ3) is 5.36. The molecule has 0 aromatic heterocycles. The molecule has 7 nitrogen and oxygen atoms in total. The number of alkyl carbamates (subject to hydrolysis) is 1. The monoisotopic (exact) mass is 450 g/mol. The predicted molar refractivity (Wildman–Crippen MR) is 121 cm³/mol. The number of hydrogen-bond acceptors (Lipinski definition) is 5. The number of benzene rings is 1. The van der Waals surface area contributed by atoms with E-state index in [1.54, 1.807) is 23.1 Å². The number of ether oxygens (including phenoxy) is 1. The number of hydrogen-bond donors (Lipinski definition) is 1. The Morgan fingerprint density at radius 2 is 1.81 bits per heavy atom. The van der Waals surface area contributed by atoms with Gasteiger partial charge in [0.25, 0.3) is 5.91 Å². The number of carbonyl (C=O) groups is 2. The SMILES string of the molecule is CC(C)(C)OC(=O)N[C@@H]1CCN(C(=O)c2ccc(Cl)c(B3OC(C)(C)C(C)(C)O3)c2)C1. The van der Waals surface area contributed by atoms with Crippen molar-refractivity contribution in [1.29, 1.82) is 0 Å². The summed E-state index contributed by atoms with van der Waals surface area (Å²) in [5, 5.41) is 3.33. The lowest BCUT2D eigenvalue weighted by Gasteiger charge is -2.32. The van der Waals surface area contributed by atoms with E-state index in [-0.39, 0.29) is 11.9 Å². The Kier molecular flexibility index (Phi) is 6.40. The topological polar surface area (TPSA) is 77.1 Å². The zero-order valence-corrected chi connectivity index (χ0v) is 20.1. The van der Waals surface area contributed by atoms with E-state index < -0.39 is 30.0 Å². The second-order valence-corrected chi connectivity index (χ2v) is 10.6. The number of halogens is 1. The quantitative estimate of drug-likeness (QED) is 0.714. The zero-order valence-electron chi connectivity index (χ0n) is 19.4. The van der Waals surface area contributed by atoms with Crippen LogP contribution in [0.4, 0.5) is 4.79 Å². The average molecular weight is 451 g/mol. The molecule has 0 spiro atoms. The van der Waals surface area contributed by atoms with Gasteiger partial charge in [0.1, 0.15) is 5.60 Å². The average Bonchev–Trinajstić information content (AvgIpc) is 3.14. The molecular formula is C22H32BClN2O5. The van der Waals surface area contributed by atoms with Gasteiger partial charge in [-0.2, -0.15) is 0 Å². The van der Waals surface area contributed by atoms with Gasteiger partial charge in [-0.1, -0.05) is 11.6 Å². The van der Waals surface area contributed by atoms with Crippen LogP contribution < -0.4 is 10.8 Å². The van der Waals surface area contributed by atoms with Gasteiger partial charge in [0.2, 0.25) is 0 Å². The van der Waals surface area contributed by atoms with E-state index in [2.05, 4.69) is 5.32 Å². The van der Waals surface area contributed by atoms with Gasteiger partial charge >= 0.3 is 13.2 Å². The molecule has 0 unspecified atom stereocenters. The Bertz CT molecular complexity index is 852. The lowest BCUT2D eigenvalue weighted by Crippen LogP contribution is -2.41. The maximum atomic E-state index is 13.1. The molecule has 9 heteroatoms. The molecule has 1 aromatic rings. The Morgan fingerprint density at radius 1 is 1.19 bits per heavy atom. The third-order valence-corrected chi connectivity index (χ3v) is 6.29. The summed E-state index contributed by atoms with van der Waals surface area (Å²) in [5.41, 5.74) is -0.431. The van der Waals surface area contributed by atoms with Gasteiger partial charge in [0.05, 0.1) is 17.2 Å². The highest BCUT2D eigenvalue weighted by molar-refractivity contribution is 6.65. The molecule has 0 bridgehead atoms. The van der Waals surface area contributed by atoms with Gasteiger partial charge in [0.15, 0.2) is 0 Å². The van der Waals surface area contributed by atoms with Crippen LogP contribution in [0.25, 0.3) is 0 Å². The minimum absolute atomic E-state index is 0.122. The van der Waals surface area contributed by atoms with Gasteiger partial charge in [-0.3, -0.25) is 4.79 Å². The van der Waals surface area contributed by atoms with E-state index in [9.17, 15) is 9.59 Å². The number of likely N-dealkylation sites (tertiary alicyclic amines) is 1. The highest BCUT2D eigenvalue weighted by Crippen LogP contribution is 2.37. The third-order valence-electron chi connectivity index (χ3n) is 5.95. The highest BCUT2D eigenvalue weighted by atomic mass is 35.5. The number of rotatable bonds is 3. The van der Waals surface area contributed by atoms with Crippen LogP contribution in [0.2, 0.25) is 5.02 Å². The van der Waals surface area contributed by atoms with Crippen molar-refractivity contribution in [3.05, 3.63) is 28.8 Å². The van der Waals surface area contributed by atoms with Gasteiger partial charge in [-0.25, -0.2) is 4.79 Å². The van der Waals surface area contributed by atoms with Gasteiger partial charge < -0.3 is 24.3 Å². The van der Waals surface area contributed by atoms with E-state index in [4.69, 9.17) is 25.6 Å². The Labute approximate surface area is 189 Å². The molecule has 2 saturated heterocycles. The maximum Gasteiger partial charge on any atom is 0.496 e. The van der Waals surface area contributed by atoms with Crippen LogP contribution in [0.1, 0.15) is 65.2 Å². The standard InChI is InChI=1S/C22H32BClN2O5/c1-20(2,3)29-19(28)25-15-10-11-26(13-15)18(27)14-8-9-17(24)16(12-14)23-30-21(4,5)22(6,7)31-23/h8-9,12,15H,10-11,13H2,1-7H3,(H,25,28)/t15-/m1/s1. The predicted octanol–water partition coefficient (Wildman–Crippen LogP) is 3.38. The zero-order chi connectivity index (χ0) is 23.2. The van der Waals surface area contributed by atoms with Crippen LogP contribution >= 0.6 is 11.6 Å². The molecule has 2 fully saturated rings. The van der Waals surface area contributed by atoms with Crippen LogP contribution in [0.5, 0.6) is 0 Å². The fourth-order valence-electron chi connectivity index (χ4n) is 3.55. The molecule has 1 N–H and O–H groups in total. The van der Waals surface area contributed by atoms with Crippen molar-refractivity contribution in [2.75, 3.05) is 13.1 Å². The lowest BCUT2D eigenvalue weighted by molar-refractivity contribution is 0.00578. The van der Waals surface area contributed by atoms with E-state index in [1.165, 1.54) is 0 Å². The van der Waals surface area contributed by atoms with Crippen LogP contribution in [0, 0.1) is 0 Å². The fraction of sp³-hybridized carbons (Fsp3) is 0.636. The molecule has 0 aliphatic carbocycles. The number of nitrogens with zero attached hydrogens (tertiary/aromatic N) is 1. The summed E-state index contributed by atoms with van der Waals surface area (Å²) in [7, 11) is -0.648. The molecule has 3 rings (SSSR count). The van der Waals surface area contributed by atoms with Crippen molar-refractivity contribution in [3.63, 3.8) is 0 Å². The molecule has 2 heterocycles. The first kappa shape index (κ1) is 23.9. The molecule has 170 valence electrons. The Balaban J connectivity index is 1.68. The molecule has 1 aromatic carbocycles. The summed E-state index contributed by atoms with van der Waals surface area (Å²) in [5.74, 6) is -0.122.